The van der Waals surface area contributed by atoms with Crippen molar-refractivity contribution in [3.63, 3.8) is 0 Å². The van der Waals surface area contributed by atoms with Crippen LogP contribution in [0.2, 0.25) is 0 Å². The second-order valence-electron chi connectivity index (χ2n) is 2.90. The van der Waals surface area contributed by atoms with Crippen LogP contribution in [-0.4, -0.2) is 10.2 Å². The molecule has 80 valence electrons. The maximum Gasteiger partial charge on any atom is 0.247 e. The number of hydrogen-bond acceptors (Lipinski definition) is 4. The number of azide groups is 1. The van der Waals surface area contributed by atoms with Crippen LogP contribution < -0.4 is 0 Å². The summed E-state index contributed by atoms with van der Waals surface area (Å²) in [5.74, 6) is 0.714. The van der Waals surface area contributed by atoms with Crippen LogP contribution >= 0.6 is 15.9 Å². The number of rotatable bonds is 3. The lowest BCUT2D eigenvalue weighted by atomic mass is 10.2. The molecule has 1 aromatic heterocycles. The van der Waals surface area contributed by atoms with Gasteiger partial charge >= 0.3 is 0 Å². The van der Waals surface area contributed by atoms with Crippen molar-refractivity contribution in [2.45, 2.75) is 6.54 Å². The second-order valence-corrected chi connectivity index (χ2v) is 3.81. The molecule has 0 spiro atoms. The third-order valence-electron chi connectivity index (χ3n) is 1.83. The first-order chi connectivity index (χ1) is 7.79. The quantitative estimate of drug-likeness (QED) is 0.490. The molecule has 0 N–H and O–H groups in total. The van der Waals surface area contributed by atoms with Crippen LogP contribution in [0.1, 0.15) is 5.89 Å². The van der Waals surface area contributed by atoms with Gasteiger partial charge in [-0.2, -0.15) is 0 Å². The predicted octanol–water partition coefficient (Wildman–Crippen LogP) is 3.31. The lowest BCUT2D eigenvalue weighted by Crippen LogP contribution is -1.78. The molecule has 0 amide bonds. The average Bonchev–Trinajstić information content (AvgIpc) is 2.76. The van der Waals surface area contributed by atoms with E-state index in [1.54, 1.807) is 0 Å². The molecule has 0 bridgehead atoms. The highest BCUT2D eigenvalue weighted by Crippen LogP contribution is 2.20. The number of nitrogens with zero attached hydrogens (tertiary/aromatic N) is 5. The first-order valence-electron chi connectivity index (χ1n) is 4.39. The van der Waals surface area contributed by atoms with Gasteiger partial charge in [0.05, 0.1) is 0 Å². The van der Waals surface area contributed by atoms with Gasteiger partial charge in [0.25, 0.3) is 0 Å². The zero-order chi connectivity index (χ0) is 11.4. The molecule has 0 aliphatic carbocycles. The van der Waals surface area contributed by atoms with Crippen molar-refractivity contribution < 1.29 is 4.42 Å². The van der Waals surface area contributed by atoms with Crippen LogP contribution in [0.4, 0.5) is 0 Å². The number of aromatic nitrogens is 2. The Bertz CT molecular complexity index is 529. The number of halogens is 1. The van der Waals surface area contributed by atoms with E-state index in [0.29, 0.717) is 11.8 Å². The van der Waals surface area contributed by atoms with Crippen LogP contribution in [0.5, 0.6) is 0 Å². The van der Waals surface area contributed by atoms with E-state index in [0.717, 1.165) is 10.0 Å². The predicted molar refractivity (Wildman–Crippen MR) is 60.3 cm³/mol. The van der Waals surface area contributed by atoms with Crippen molar-refractivity contribution >= 4 is 15.9 Å². The molecule has 1 aromatic carbocycles. The largest absolute Gasteiger partial charge is 0.421 e. The standard InChI is InChI=1S/C9H6BrN5O/c10-7-3-1-6(2-4-7)9-14-13-8(16-9)5-12-15-11/h1-4H,5H2. The third kappa shape index (κ3) is 2.39. The van der Waals surface area contributed by atoms with Gasteiger partial charge in [0.15, 0.2) is 0 Å². The first kappa shape index (κ1) is 10.7. The van der Waals surface area contributed by atoms with Crippen molar-refractivity contribution in [1.82, 2.24) is 10.2 Å². The Morgan fingerprint density at radius 3 is 2.75 bits per heavy atom. The molecule has 1 heterocycles. The molecule has 0 atom stereocenters. The summed E-state index contributed by atoms with van der Waals surface area (Å²) in [6.45, 7) is 0.0695. The number of benzene rings is 1. The Morgan fingerprint density at radius 2 is 2.06 bits per heavy atom. The molecule has 0 radical (unpaired) electrons. The Labute approximate surface area is 99.1 Å². The van der Waals surface area contributed by atoms with E-state index in [9.17, 15) is 0 Å². The minimum atomic E-state index is 0.0695. The molecule has 0 aliphatic rings. The van der Waals surface area contributed by atoms with Crippen molar-refractivity contribution in [2.75, 3.05) is 0 Å². The molecule has 0 saturated heterocycles. The van der Waals surface area contributed by atoms with Crippen LogP contribution in [0, 0.1) is 0 Å². The summed E-state index contributed by atoms with van der Waals surface area (Å²) in [6, 6.07) is 7.48. The molecule has 16 heavy (non-hydrogen) atoms. The monoisotopic (exact) mass is 279 g/mol. The second kappa shape index (κ2) is 4.78. The molecule has 7 heteroatoms. The van der Waals surface area contributed by atoms with E-state index in [2.05, 4.69) is 36.2 Å². The zero-order valence-electron chi connectivity index (χ0n) is 8.04. The first-order valence-corrected chi connectivity index (χ1v) is 5.18. The Hall–Kier alpha value is -1.85. The van der Waals surface area contributed by atoms with Gasteiger partial charge in [-0.1, -0.05) is 21.0 Å². The van der Waals surface area contributed by atoms with Gasteiger partial charge in [-0.05, 0) is 29.8 Å². The summed E-state index contributed by atoms with van der Waals surface area (Å²) in [7, 11) is 0. The maximum atomic E-state index is 8.15. The fourth-order valence-electron chi connectivity index (χ4n) is 1.12. The summed E-state index contributed by atoms with van der Waals surface area (Å²) in [5.41, 5.74) is 8.97. The van der Waals surface area contributed by atoms with Gasteiger partial charge < -0.3 is 4.42 Å². The van der Waals surface area contributed by atoms with E-state index in [4.69, 9.17) is 9.95 Å². The maximum absolute atomic E-state index is 8.15. The SMILES string of the molecule is [N-]=[N+]=NCc1nnc(-c2ccc(Br)cc2)o1. The lowest BCUT2D eigenvalue weighted by molar-refractivity contribution is 0.508. The molecule has 0 saturated carbocycles. The van der Waals surface area contributed by atoms with Crippen molar-refractivity contribution in [3.05, 3.63) is 45.1 Å². The van der Waals surface area contributed by atoms with E-state index >= 15 is 0 Å². The summed E-state index contributed by atoms with van der Waals surface area (Å²) in [5, 5.41) is 11.0. The van der Waals surface area contributed by atoms with Crippen LogP contribution in [0.25, 0.3) is 21.9 Å². The molecular formula is C9H6BrN5O. The Morgan fingerprint density at radius 1 is 1.31 bits per heavy atom. The molecule has 0 unspecified atom stereocenters. The van der Waals surface area contributed by atoms with Crippen LogP contribution in [-0.2, 0) is 6.54 Å². The van der Waals surface area contributed by atoms with Gasteiger partial charge in [0.1, 0.15) is 6.54 Å². The van der Waals surface area contributed by atoms with Gasteiger partial charge in [0, 0.05) is 14.9 Å². The van der Waals surface area contributed by atoms with E-state index < -0.39 is 0 Å². The van der Waals surface area contributed by atoms with Crippen LogP contribution in [0.3, 0.4) is 0 Å². The Balaban J connectivity index is 2.24. The minimum absolute atomic E-state index is 0.0695. The fourth-order valence-corrected chi connectivity index (χ4v) is 1.38. The molecule has 2 rings (SSSR count). The fraction of sp³-hybridized carbons (Fsp3) is 0.111. The topological polar surface area (TPSA) is 87.7 Å². The van der Waals surface area contributed by atoms with E-state index in [-0.39, 0.29) is 6.54 Å². The summed E-state index contributed by atoms with van der Waals surface area (Å²) in [4.78, 5) is 2.62. The Kier molecular flexibility index (Phi) is 3.19. The summed E-state index contributed by atoms with van der Waals surface area (Å²) in [6.07, 6.45) is 0. The highest BCUT2D eigenvalue weighted by atomic mass is 79.9. The molecule has 0 aliphatic heterocycles. The molecule has 6 nitrogen and oxygen atoms in total. The van der Waals surface area contributed by atoms with E-state index in [1.807, 2.05) is 24.3 Å². The zero-order valence-corrected chi connectivity index (χ0v) is 9.62. The lowest BCUT2D eigenvalue weighted by Gasteiger charge is -1.93. The third-order valence-corrected chi connectivity index (χ3v) is 2.36. The van der Waals surface area contributed by atoms with Gasteiger partial charge in [0.2, 0.25) is 11.8 Å². The highest BCUT2D eigenvalue weighted by molar-refractivity contribution is 9.10. The average molecular weight is 280 g/mol. The van der Waals surface area contributed by atoms with Crippen molar-refractivity contribution in [2.24, 2.45) is 5.11 Å². The normalized spacial score (nSPS) is 9.81. The van der Waals surface area contributed by atoms with Gasteiger partial charge in [-0.25, -0.2) is 0 Å². The van der Waals surface area contributed by atoms with Crippen molar-refractivity contribution in [3.8, 4) is 11.5 Å². The summed E-state index contributed by atoms with van der Waals surface area (Å²) >= 11 is 3.34. The number of hydrogen-bond donors (Lipinski definition) is 0. The van der Waals surface area contributed by atoms with Gasteiger partial charge in [-0.15, -0.1) is 10.2 Å². The van der Waals surface area contributed by atoms with E-state index in [1.165, 1.54) is 0 Å². The molecular weight excluding hydrogens is 274 g/mol. The smallest absolute Gasteiger partial charge is 0.247 e. The van der Waals surface area contributed by atoms with Gasteiger partial charge in [-0.3, -0.25) is 0 Å². The highest BCUT2D eigenvalue weighted by Gasteiger charge is 2.07. The summed E-state index contributed by atoms with van der Waals surface area (Å²) < 4.78 is 6.29. The molecule has 0 fully saturated rings. The van der Waals surface area contributed by atoms with Crippen LogP contribution in [0.15, 0.2) is 38.3 Å². The van der Waals surface area contributed by atoms with Crippen molar-refractivity contribution in [1.29, 1.82) is 0 Å². The minimum Gasteiger partial charge on any atom is -0.421 e. The molecule has 2 aromatic rings.